The summed E-state index contributed by atoms with van der Waals surface area (Å²) in [6.07, 6.45) is 11.5. The Morgan fingerprint density at radius 3 is 2.17 bits per heavy atom. The first-order chi connectivity index (χ1) is 8.23. The number of ketones is 1. The Labute approximate surface area is 113 Å². The van der Waals surface area contributed by atoms with Gasteiger partial charge in [0.1, 0.15) is 0 Å². The summed E-state index contributed by atoms with van der Waals surface area (Å²) in [5.74, 6) is 0.118. The summed E-state index contributed by atoms with van der Waals surface area (Å²) >= 11 is 0. The molecule has 0 radical (unpaired) electrons. The summed E-state index contributed by atoms with van der Waals surface area (Å²) in [6.45, 7) is 12.4. The van der Waals surface area contributed by atoms with Crippen molar-refractivity contribution in [1.82, 2.24) is 0 Å². The van der Waals surface area contributed by atoms with E-state index in [1.807, 2.05) is 6.08 Å². The Hall–Kier alpha value is -1.11. The molecule has 0 aliphatic heterocycles. The lowest BCUT2D eigenvalue weighted by Crippen LogP contribution is -2.06. The standard InChI is InChI=1S/C17H28O/c1-14(2)8-7-9-15(3)10-12-17(5,6)13-11-16(4)18/h8,10-11,13H,7,9,12H2,1-6H3/b13-11+,15-10?. The van der Waals surface area contributed by atoms with Gasteiger partial charge in [-0.05, 0) is 58.4 Å². The van der Waals surface area contributed by atoms with Crippen LogP contribution in [-0.4, -0.2) is 5.78 Å². The largest absolute Gasteiger partial charge is 0.295 e. The van der Waals surface area contributed by atoms with Crippen molar-refractivity contribution in [3.8, 4) is 0 Å². The maximum atomic E-state index is 10.9. The van der Waals surface area contributed by atoms with Crippen LogP contribution in [0.4, 0.5) is 0 Å². The molecule has 0 aromatic rings. The second-order valence-corrected chi connectivity index (χ2v) is 6.01. The molecule has 0 bridgehead atoms. The van der Waals surface area contributed by atoms with E-state index < -0.39 is 0 Å². The SMILES string of the molecule is CC(=O)/C=C/C(C)(C)CC=C(C)CCC=C(C)C. The molecule has 0 rings (SSSR count). The van der Waals surface area contributed by atoms with E-state index in [2.05, 4.69) is 46.8 Å². The van der Waals surface area contributed by atoms with Gasteiger partial charge in [0.05, 0.1) is 0 Å². The highest BCUT2D eigenvalue weighted by Gasteiger charge is 2.11. The molecule has 0 atom stereocenters. The fraction of sp³-hybridized carbons (Fsp3) is 0.588. The van der Waals surface area contributed by atoms with Gasteiger partial charge in [-0.15, -0.1) is 0 Å². The van der Waals surface area contributed by atoms with Gasteiger partial charge in [0, 0.05) is 0 Å². The molecule has 0 aliphatic rings. The molecule has 102 valence electrons. The number of allylic oxidation sites excluding steroid dienone is 6. The van der Waals surface area contributed by atoms with Crippen molar-refractivity contribution < 1.29 is 4.79 Å². The van der Waals surface area contributed by atoms with Crippen molar-refractivity contribution >= 4 is 5.78 Å². The molecule has 0 heterocycles. The third-order valence-electron chi connectivity index (χ3n) is 2.84. The lowest BCUT2D eigenvalue weighted by Gasteiger charge is -2.18. The van der Waals surface area contributed by atoms with Gasteiger partial charge in [-0.2, -0.15) is 0 Å². The van der Waals surface area contributed by atoms with E-state index in [1.165, 1.54) is 11.1 Å². The smallest absolute Gasteiger partial charge is 0.152 e. The first-order valence-electron chi connectivity index (χ1n) is 6.72. The van der Waals surface area contributed by atoms with Crippen LogP contribution < -0.4 is 0 Å². The molecule has 0 saturated heterocycles. The van der Waals surface area contributed by atoms with Crippen molar-refractivity contribution in [3.63, 3.8) is 0 Å². The van der Waals surface area contributed by atoms with Crippen LogP contribution in [0, 0.1) is 5.41 Å². The topological polar surface area (TPSA) is 17.1 Å². The third-order valence-corrected chi connectivity index (χ3v) is 2.84. The minimum absolute atomic E-state index is 0.0590. The zero-order chi connectivity index (χ0) is 14.2. The summed E-state index contributed by atoms with van der Waals surface area (Å²) < 4.78 is 0. The molecule has 0 N–H and O–H groups in total. The average Bonchev–Trinajstić information content (AvgIpc) is 2.24. The quantitative estimate of drug-likeness (QED) is 0.445. The molecule has 18 heavy (non-hydrogen) atoms. The molecule has 0 fully saturated rings. The fourth-order valence-corrected chi connectivity index (χ4v) is 1.54. The Balaban J connectivity index is 4.26. The van der Waals surface area contributed by atoms with Gasteiger partial charge >= 0.3 is 0 Å². The van der Waals surface area contributed by atoms with E-state index in [0.29, 0.717) is 0 Å². The van der Waals surface area contributed by atoms with Crippen molar-refractivity contribution in [2.45, 2.75) is 60.8 Å². The van der Waals surface area contributed by atoms with Crippen LogP contribution in [0.3, 0.4) is 0 Å². The van der Waals surface area contributed by atoms with E-state index >= 15 is 0 Å². The first kappa shape index (κ1) is 16.9. The van der Waals surface area contributed by atoms with Crippen molar-refractivity contribution in [3.05, 3.63) is 35.5 Å². The predicted molar refractivity (Wildman–Crippen MR) is 80.6 cm³/mol. The Bertz CT molecular complexity index is 350. The van der Waals surface area contributed by atoms with E-state index in [1.54, 1.807) is 13.0 Å². The number of hydrogen-bond donors (Lipinski definition) is 0. The van der Waals surface area contributed by atoms with Gasteiger partial charge in [0.2, 0.25) is 0 Å². The van der Waals surface area contributed by atoms with Crippen LogP contribution in [-0.2, 0) is 4.79 Å². The summed E-state index contributed by atoms with van der Waals surface area (Å²) in [5, 5.41) is 0. The average molecular weight is 248 g/mol. The van der Waals surface area contributed by atoms with Crippen LogP contribution in [0.2, 0.25) is 0 Å². The van der Waals surface area contributed by atoms with Crippen LogP contribution in [0.5, 0.6) is 0 Å². The molecule has 0 amide bonds. The highest BCUT2D eigenvalue weighted by atomic mass is 16.1. The lowest BCUT2D eigenvalue weighted by atomic mass is 9.87. The maximum Gasteiger partial charge on any atom is 0.152 e. The number of hydrogen-bond acceptors (Lipinski definition) is 1. The summed E-state index contributed by atoms with van der Waals surface area (Å²) in [6, 6.07) is 0. The van der Waals surface area contributed by atoms with Gasteiger partial charge in [-0.1, -0.05) is 43.2 Å². The van der Waals surface area contributed by atoms with Gasteiger partial charge in [-0.25, -0.2) is 0 Å². The third kappa shape index (κ3) is 10.1. The van der Waals surface area contributed by atoms with E-state index in [9.17, 15) is 4.79 Å². The van der Waals surface area contributed by atoms with E-state index in [-0.39, 0.29) is 11.2 Å². The Morgan fingerprint density at radius 2 is 1.67 bits per heavy atom. The van der Waals surface area contributed by atoms with Crippen LogP contribution in [0.1, 0.15) is 60.8 Å². The first-order valence-corrected chi connectivity index (χ1v) is 6.72. The van der Waals surface area contributed by atoms with Crippen molar-refractivity contribution in [2.24, 2.45) is 5.41 Å². The molecular weight excluding hydrogens is 220 g/mol. The second kappa shape index (κ2) is 8.07. The summed E-state index contributed by atoms with van der Waals surface area (Å²) in [4.78, 5) is 10.9. The molecular formula is C17H28O. The molecule has 0 aromatic carbocycles. The van der Waals surface area contributed by atoms with E-state index in [4.69, 9.17) is 0 Å². The Morgan fingerprint density at radius 1 is 1.06 bits per heavy atom. The number of carbonyl (C=O) groups excluding carboxylic acids is 1. The predicted octanol–water partition coefficient (Wildman–Crippen LogP) is 5.24. The monoisotopic (exact) mass is 248 g/mol. The van der Waals surface area contributed by atoms with Gasteiger partial charge in [0.15, 0.2) is 5.78 Å². The molecule has 1 heteroatoms. The van der Waals surface area contributed by atoms with Crippen LogP contribution in [0.15, 0.2) is 35.5 Å². The normalized spacial score (nSPS) is 12.9. The molecule has 0 saturated carbocycles. The van der Waals surface area contributed by atoms with Gasteiger partial charge in [-0.3, -0.25) is 4.79 Å². The number of carbonyl (C=O) groups is 1. The van der Waals surface area contributed by atoms with Gasteiger partial charge in [0.25, 0.3) is 0 Å². The lowest BCUT2D eigenvalue weighted by molar-refractivity contribution is -0.112. The fourth-order valence-electron chi connectivity index (χ4n) is 1.54. The zero-order valence-corrected chi connectivity index (χ0v) is 12.8. The molecule has 0 unspecified atom stereocenters. The molecule has 0 aromatic heterocycles. The highest BCUT2D eigenvalue weighted by molar-refractivity contribution is 5.87. The van der Waals surface area contributed by atoms with Crippen molar-refractivity contribution in [2.75, 3.05) is 0 Å². The summed E-state index contributed by atoms with van der Waals surface area (Å²) in [7, 11) is 0. The molecule has 0 aliphatic carbocycles. The number of rotatable bonds is 7. The molecule has 1 nitrogen and oxygen atoms in total. The Kier molecular flexibility index (Phi) is 7.58. The summed E-state index contributed by atoms with van der Waals surface area (Å²) in [5.41, 5.74) is 2.87. The van der Waals surface area contributed by atoms with Crippen molar-refractivity contribution in [1.29, 1.82) is 0 Å². The zero-order valence-electron chi connectivity index (χ0n) is 12.8. The maximum absolute atomic E-state index is 10.9. The minimum atomic E-state index is 0.0590. The van der Waals surface area contributed by atoms with Crippen LogP contribution in [0.25, 0.3) is 0 Å². The van der Waals surface area contributed by atoms with Crippen LogP contribution >= 0.6 is 0 Å². The van der Waals surface area contributed by atoms with E-state index in [0.717, 1.165) is 19.3 Å². The molecule has 0 spiro atoms. The minimum Gasteiger partial charge on any atom is -0.295 e. The highest BCUT2D eigenvalue weighted by Crippen LogP contribution is 2.24. The second-order valence-electron chi connectivity index (χ2n) is 6.01. The van der Waals surface area contributed by atoms with Gasteiger partial charge < -0.3 is 0 Å².